The first-order valence-electron chi connectivity index (χ1n) is 6.38. The predicted molar refractivity (Wildman–Crippen MR) is 73.1 cm³/mol. The molecule has 0 radical (unpaired) electrons. The third kappa shape index (κ3) is 3.07. The molecular weight excluding hydrogens is 266 g/mol. The first-order chi connectivity index (χ1) is 8.92. The van der Waals surface area contributed by atoms with Crippen LogP contribution in [0.3, 0.4) is 0 Å². The fourth-order valence-electron chi connectivity index (χ4n) is 2.44. The van der Waals surface area contributed by atoms with Gasteiger partial charge in [-0.05, 0) is 26.4 Å². The molecule has 0 aromatic carbocycles. The smallest absolute Gasteiger partial charge is 0.260 e. The maximum atomic E-state index is 12.2. The third-order valence-electron chi connectivity index (χ3n) is 3.59. The van der Waals surface area contributed by atoms with Gasteiger partial charge < -0.3 is 15.2 Å². The summed E-state index contributed by atoms with van der Waals surface area (Å²) < 4.78 is 28.5. The van der Waals surface area contributed by atoms with E-state index in [4.69, 9.17) is 5.73 Å². The largest absolute Gasteiger partial charge is 0.381 e. The molecule has 1 aliphatic heterocycles. The highest BCUT2D eigenvalue weighted by Gasteiger charge is 2.25. The number of imidazole rings is 1. The lowest BCUT2D eigenvalue weighted by Crippen LogP contribution is -2.44. The van der Waals surface area contributed by atoms with E-state index in [1.54, 1.807) is 7.05 Å². The topological polar surface area (TPSA) is 93.2 Å². The second-order valence-corrected chi connectivity index (χ2v) is 6.71. The summed E-state index contributed by atoms with van der Waals surface area (Å²) in [4.78, 5) is 6.00. The minimum atomic E-state index is -3.60. The number of anilines is 1. The van der Waals surface area contributed by atoms with Crippen molar-refractivity contribution in [3.63, 3.8) is 0 Å². The monoisotopic (exact) mass is 287 g/mol. The maximum absolute atomic E-state index is 12.2. The summed E-state index contributed by atoms with van der Waals surface area (Å²) in [6.07, 6.45) is 4.73. The zero-order valence-electron chi connectivity index (χ0n) is 11.3. The van der Waals surface area contributed by atoms with E-state index in [0.29, 0.717) is 6.54 Å². The van der Waals surface area contributed by atoms with E-state index in [1.165, 1.54) is 17.3 Å². The lowest BCUT2D eigenvalue weighted by molar-refractivity contribution is 0.187. The molecule has 8 heteroatoms. The van der Waals surface area contributed by atoms with Crippen LogP contribution in [0.15, 0.2) is 11.4 Å². The van der Waals surface area contributed by atoms with Crippen LogP contribution in [0.5, 0.6) is 0 Å². The average molecular weight is 287 g/mol. The van der Waals surface area contributed by atoms with Crippen LogP contribution in [0, 0.1) is 0 Å². The summed E-state index contributed by atoms with van der Waals surface area (Å²) in [5, 5.41) is 0.0333. The Morgan fingerprint density at radius 3 is 2.79 bits per heavy atom. The second kappa shape index (κ2) is 5.48. The molecule has 0 aliphatic carbocycles. The molecule has 0 saturated carbocycles. The molecule has 0 bridgehead atoms. The maximum Gasteiger partial charge on any atom is 0.260 e. The van der Waals surface area contributed by atoms with Crippen molar-refractivity contribution in [1.82, 2.24) is 19.2 Å². The molecule has 1 aromatic heterocycles. The molecule has 108 valence electrons. The summed E-state index contributed by atoms with van der Waals surface area (Å²) >= 11 is 0. The third-order valence-corrected chi connectivity index (χ3v) is 5.15. The number of rotatable bonds is 4. The standard InChI is InChI=1S/C11H21N5O2S/c1-15-6-4-3-5-9(15)7-14-19(17,18)11-10(12)13-8-16(11)2/h8-9,14H,3-7,12H2,1-2H3. The van der Waals surface area contributed by atoms with Gasteiger partial charge in [-0.15, -0.1) is 0 Å². The van der Waals surface area contributed by atoms with E-state index in [9.17, 15) is 8.42 Å². The number of sulfonamides is 1. The molecule has 19 heavy (non-hydrogen) atoms. The Bertz CT molecular complexity index is 520. The van der Waals surface area contributed by atoms with Crippen molar-refractivity contribution in [3.05, 3.63) is 6.33 Å². The quantitative estimate of drug-likeness (QED) is 0.797. The first kappa shape index (κ1) is 14.3. The zero-order valence-corrected chi connectivity index (χ0v) is 12.2. The van der Waals surface area contributed by atoms with Crippen LogP contribution in [-0.4, -0.2) is 49.0 Å². The molecule has 0 amide bonds. The molecule has 1 unspecified atom stereocenters. The highest BCUT2D eigenvalue weighted by Crippen LogP contribution is 2.17. The number of piperidine rings is 1. The molecule has 1 aromatic rings. The molecule has 2 rings (SSSR count). The number of nitrogens with one attached hydrogen (secondary N) is 1. The molecular formula is C11H21N5O2S. The van der Waals surface area contributed by atoms with Crippen molar-refractivity contribution in [2.45, 2.75) is 30.3 Å². The summed E-state index contributed by atoms with van der Waals surface area (Å²) in [5.74, 6) is 0.0343. The van der Waals surface area contributed by atoms with Crippen LogP contribution >= 0.6 is 0 Å². The lowest BCUT2D eigenvalue weighted by Gasteiger charge is -2.32. The number of likely N-dealkylation sites (N-methyl/N-ethyl adjacent to an activating group) is 1. The minimum Gasteiger partial charge on any atom is -0.381 e. The minimum absolute atomic E-state index is 0.0333. The number of nitrogen functional groups attached to an aromatic ring is 1. The van der Waals surface area contributed by atoms with Crippen molar-refractivity contribution in [1.29, 1.82) is 0 Å². The van der Waals surface area contributed by atoms with E-state index in [-0.39, 0.29) is 16.9 Å². The normalized spacial score (nSPS) is 21.7. The van der Waals surface area contributed by atoms with Gasteiger partial charge in [0.15, 0.2) is 10.8 Å². The van der Waals surface area contributed by atoms with E-state index in [1.807, 2.05) is 7.05 Å². The fraction of sp³-hybridized carbons (Fsp3) is 0.727. The molecule has 1 fully saturated rings. The van der Waals surface area contributed by atoms with Gasteiger partial charge in [0.25, 0.3) is 10.0 Å². The van der Waals surface area contributed by atoms with Crippen molar-refractivity contribution >= 4 is 15.8 Å². The van der Waals surface area contributed by atoms with Crippen LogP contribution in [0.25, 0.3) is 0 Å². The summed E-state index contributed by atoms with van der Waals surface area (Å²) in [7, 11) is 0.0378. The van der Waals surface area contributed by atoms with Crippen LogP contribution in [0.1, 0.15) is 19.3 Å². The Morgan fingerprint density at radius 2 is 2.21 bits per heavy atom. The van der Waals surface area contributed by atoms with E-state index in [2.05, 4.69) is 14.6 Å². The van der Waals surface area contributed by atoms with Gasteiger partial charge in [0.05, 0.1) is 6.33 Å². The average Bonchev–Trinajstić information content (AvgIpc) is 2.69. The SMILES string of the molecule is CN1CCCCC1CNS(=O)(=O)c1c(N)ncn1C. The number of hydrogen-bond acceptors (Lipinski definition) is 5. The van der Waals surface area contributed by atoms with Crippen LogP contribution in [0.4, 0.5) is 5.82 Å². The number of hydrogen-bond donors (Lipinski definition) is 2. The molecule has 0 spiro atoms. The van der Waals surface area contributed by atoms with Gasteiger partial charge in [-0.3, -0.25) is 0 Å². The van der Waals surface area contributed by atoms with E-state index in [0.717, 1.165) is 19.4 Å². The predicted octanol–water partition coefficient (Wildman–Crippen LogP) is -0.235. The number of aryl methyl sites for hydroxylation is 1. The summed E-state index contributed by atoms with van der Waals surface area (Å²) in [6.45, 7) is 1.42. The fourth-order valence-corrected chi connectivity index (χ4v) is 3.74. The van der Waals surface area contributed by atoms with Gasteiger partial charge in [-0.2, -0.15) is 0 Å². The Balaban J connectivity index is 2.06. The molecule has 3 N–H and O–H groups in total. The second-order valence-electron chi connectivity index (χ2n) is 5.03. The molecule has 1 atom stereocenters. The van der Waals surface area contributed by atoms with E-state index >= 15 is 0 Å². The Labute approximate surface area is 113 Å². The van der Waals surface area contributed by atoms with Gasteiger partial charge in [-0.25, -0.2) is 18.1 Å². The summed E-state index contributed by atoms with van der Waals surface area (Å²) in [5.41, 5.74) is 5.60. The molecule has 1 aliphatic rings. The molecule has 1 saturated heterocycles. The Morgan fingerprint density at radius 1 is 1.47 bits per heavy atom. The first-order valence-corrected chi connectivity index (χ1v) is 7.87. The van der Waals surface area contributed by atoms with Crippen molar-refractivity contribution < 1.29 is 8.42 Å². The highest BCUT2D eigenvalue weighted by atomic mass is 32.2. The molecule has 2 heterocycles. The van der Waals surface area contributed by atoms with Crippen LogP contribution in [-0.2, 0) is 17.1 Å². The number of nitrogens with two attached hydrogens (primary N) is 1. The van der Waals surface area contributed by atoms with Crippen molar-refractivity contribution in [3.8, 4) is 0 Å². The van der Waals surface area contributed by atoms with Crippen LogP contribution in [0.2, 0.25) is 0 Å². The Hall–Kier alpha value is -1.12. The van der Waals surface area contributed by atoms with Gasteiger partial charge in [0.2, 0.25) is 0 Å². The van der Waals surface area contributed by atoms with Gasteiger partial charge in [0, 0.05) is 19.6 Å². The number of nitrogens with zero attached hydrogens (tertiary/aromatic N) is 3. The van der Waals surface area contributed by atoms with Crippen molar-refractivity contribution in [2.75, 3.05) is 25.9 Å². The Kier molecular flexibility index (Phi) is 4.12. The lowest BCUT2D eigenvalue weighted by atomic mass is 10.0. The molecule has 7 nitrogen and oxygen atoms in total. The van der Waals surface area contributed by atoms with E-state index < -0.39 is 10.0 Å². The summed E-state index contributed by atoms with van der Waals surface area (Å²) in [6, 6.07) is 0.248. The highest BCUT2D eigenvalue weighted by molar-refractivity contribution is 7.89. The number of aromatic nitrogens is 2. The van der Waals surface area contributed by atoms with Crippen LogP contribution < -0.4 is 10.5 Å². The van der Waals surface area contributed by atoms with Gasteiger partial charge in [-0.1, -0.05) is 6.42 Å². The van der Waals surface area contributed by atoms with Gasteiger partial charge in [0.1, 0.15) is 0 Å². The van der Waals surface area contributed by atoms with Gasteiger partial charge >= 0.3 is 0 Å². The number of likely N-dealkylation sites (tertiary alicyclic amines) is 1. The van der Waals surface area contributed by atoms with Crippen molar-refractivity contribution in [2.24, 2.45) is 7.05 Å². The zero-order chi connectivity index (χ0) is 14.0.